The molecule has 2 aromatic carbocycles. The number of likely N-dealkylation sites (N-methyl/N-ethyl adjacent to an activating group) is 1. The number of rotatable bonds is 14. The summed E-state index contributed by atoms with van der Waals surface area (Å²) in [5.74, 6) is 3.24. The Bertz CT molecular complexity index is 983. The molecule has 0 aliphatic carbocycles. The predicted molar refractivity (Wildman–Crippen MR) is 138 cm³/mol. The highest BCUT2D eigenvalue weighted by Crippen LogP contribution is 2.45. The first-order chi connectivity index (χ1) is 16.8. The normalized spacial score (nSPS) is 12.4. The van der Waals surface area contributed by atoms with Crippen molar-refractivity contribution >= 4 is 0 Å². The van der Waals surface area contributed by atoms with Gasteiger partial charge in [0, 0.05) is 6.54 Å². The number of methoxy groups -OCH3 is 5. The van der Waals surface area contributed by atoms with Crippen molar-refractivity contribution in [1.82, 2.24) is 4.90 Å². The Morgan fingerprint density at radius 3 is 1.89 bits per heavy atom. The van der Waals surface area contributed by atoms with E-state index in [0.29, 0.717) is 17.2 Å². The fraction of sp³-hybridized carbons (Fsp3) is 0.536. The van der Waals surface area contributed by atoms with Gasteiger partial charge in [0.15, 0.2) is 23.0 Å². The summed E-state index contributed by atoms with van der Waals surface area (Å²) >= 11 is 0. The van der Waals surface area contributed by atoms with Crippen LogP contribution in [0.1, 0.15) is 37.8 Å². The average molecular weight is 520 g/mol. The molecule has 2 rings (SSSR count). The average Bonchev–Trinajstić information content (AvgIpc) is 2.88. The van der Waals surface area contributed by atoms with Gasteiger partial charge in [-0.05, 0) is 74.2 Å². The minimum absolute atomic E-state index is 0. The Labute approximate surface area is 222 Å². The maximum atomic E-state index is 10.4. The zero-order chi connectivity index (χ0) is 26.0. The van der Waals surface area contributed by atoms with Gasteiger partial charge in [0.25, 0.3) is 0 Å². The molecule has 0 fully saturated rings. The van der Waals surface area contributed by atoms with Gasteiger partial charge >= 0.3 is 0 Å². The predicted octanol–water partition coefficient (Wildman–Crippen LogP) is 2.11. The number of nitrogens with zero attached hydrogens (tertiary/aromatic N) is 2. The highest BCUT2D eigenvalue weighted by molar-refractivity contribution is 5.56. The number of hydrogen-bond acceptors (Lipinski definition) is 7. The van der Waals surface area contributed by atoms with Gasteiger partial charge in [0.1, 0.15) is 0 Å². The Kier molecular flexibility index (Phi) is 12.7. The molecule has 1 unspecified atom stereocenters. The second-order valence-corrected chi connectivity index (χ2v) is 9.00. The van der Waals surface area contributed by atoms with Gasteiger partial charge in [0.05, 0.1) is 47.0 Å². The van der Waals surface area contributed by atoms with Crippen LogP contribution >= 0.6 is 0 Å². The van der Waals surface area contributed by atoms with Crippen LogP contribution < -0.4 is 36.1 Å². The topological polar surface area (TPSA) is 73.2 Å². The third-order valence-corrected chi connectivity index (χ3v) is 6.71. The molecular weight excluding hydrogens is 480 g/mol. The zero-order valence-electron chi connectivity index (χ0n) is 22.8. The number of benzene rings is 2. The van der Waals surface area contributed by atoms with E-state index >= 15 is 0 Å². The van der Waals surface area contributed by atoms with E-state index < -0.39 is 5.41 Å². The highest BCUT2D eigenvalue weighted by Gasteiger charge is 2.37. The van der Waals surface area contributed by atoms with E-state index in [1.807, 2.05) is 24.3 Å². The van der Waals surface area contributed by atoms with E-state index in [2.05, 4.69) is 37.9 Å². The summed E-state index contributed by atoms with van der Waals surface area (Å²) in [4.78, 5) is 2.30. The Morgan fingerprint density at radius 1 is 0.833 bits per heavy atom. The van der Waals surface area contributed by atoms with Crippen LogP contribution in [0.15, 0.2) is 30.3 Å². The molecule has 0 radical (unpaired) electrons. The number of hydrogen-bond donors (Lipinski definition) is 0. The van der Waals surface area contributed by atoms with Crippen molar-refractivity contribution < 1.29 is 36.1 Å². The van der Waals surface area contributed by atoms with E-state index in [9.17, 15) is 5.26 Å². The second-order valence-electron chi connectivity index (χ2n) is 9.00. The smallest absolute Gasteiger partial charge is 0.203 e. The Hall–Kier alpha value is -2.82. The monoisotopic (exact) mass is 519 g/mol. The van der Waals surface area contributed by atoms with E-state index in [-0.39, 0.29) is 18.3 Å². The molecule has 36 heavy (non-hydrogen) atoms. The Balaban J connectivity index is 0.00000648. The van der Waals surface area contributed by atoms with E-state index in [0.717, 1.165) is 49.4 Å². The van der Waals surface area contributed by atoms with Crippen LogP contribution in [-0.2, 0) is 11.8 Å². The van der Waals surface area contributed by atoms with Gasteiger partial charge in [0.2, 0.25) is 5.75 Å². The molecule has 2 aromatic rings. The van der Waals surface area contributed by atoms with E-state index in [1.165, 1.54) is 5.56 Å². The van der Waals surface area contributed by atoms with Crippen molar-refractivity contribution in [2.24, 2.45) is 5.92 Å². The summed E-state index contributed by atoms with van der Waals surface area (Å²) in [6.07, 6.45) is 2.50. The molecule has 0 saturated carbocycles. The molecule has 0 spiro atoms. The summed E-state index contributed by atoms with van der Waals surface area (Å²) in [6, 6.07) is 12.5. The van der Waals surface area contributed by atoms with E-state index in [4.69, 9.17) is 23.7 Å². The minimum Gasteiger partial charge on any atom is -1.00 e. The third-order valence-electron chi connectivity index (χ3n) is 6.71. The molecule has 0 bridgehead atoms. The second kappa shape index (κ2) is 14.7. The summed E-state index contributed by atoms with van der Waals surface area (Å²) in [6.45, 7) is 5.97. The van der Waals surface area contributed by atoms with Gasteiger partial charge < -0.3 is 41.0 Å². The third kappa shape index (κ3) is 7.11. The molecule has 1 atom stereocenters. The fourth-order valence-corrected chi connectivity index (χ4v) is 4.45. The first kappa shape index (κ1) is 31.2. The molecule has 0 aliphatic heterocycles. The summed E-state index contributed by atoms with van der Waals surface area (Å²) < 4.78 is 27.3. The van der Waals surface area contributed by atoms with Crippen LogP contribution in [0, 0.1) is 17.2 Å². The number of nitriles is 1. The van der Waals surface area contributed by atoms with Gasteiger partial charge in [-0.1, -0.05) is 19.9 Å². The van der Waals surface area contributed by atoms with E-state index in [1.54, 1.807) is 35.5 Å². The fourth-order valence-electron chi connectivity index (χ4n) is 4.45. The lowest BCUT2D eigenvalue weighted by molar-refractivity contribution is -0.00000901. The number of ether oxygens (including phenoxy) is 5. The van der Waals surface area contributed by atoms with Gasteiger partial charge in [-0.2, -0.15) is 5.26 Å². The molecular formula is C28H40ClN2O5-. The summed E-state index contributed by atoms with van der Waals surface area (Å²) in [7, 11) is 10.2. The van der Waals surface area contributed by atoms with Crippen LogP contribution in [0.25, 0.3) is 0 Å². The van der Waals surface area contributed by atoms with Crippen molar-refractivity contribution in [1.29, 1.82) is 5.26 Å². The quantitative estimate of drug-likeness (QED) is 0.378. The molecule has 8 heteroatoms. The zero-order valence-corrected chi connectivity index (χ0v) is 23.6. The van der Waals surface area contributed by atoms with Crippen molar-refractivity contribution in [2.45, 2.75) is 38.5 Å². The standard InChI is InChI=1S/C28H40N2O5.ClH/c1-20(2)28(19-29,22-17-25(33-6)27(35-8)26(18-22)34-7)13-9-14-30(3)15-12-21-10-11-23(31-4)24(16-21)32-5;/h10-11,16-18,20H,9,12-15H2,1-8H3;1H/p-1. The molecule has 0 N–H and O–H groups in total. The Morgan fingerprint density at radius 2 is 1.42 bits per heavy atom. The molecule has 0 amide bonds. The molecule has 7 nitrogen and oxygen atoms in total. The highest BCUT2D eigenvalue weighted by atomic mass is 35.5. The van der Waals surface area contributed by atoms with Gasteiger partial charge in [-0.15, -0.1) is 0 Å². The largest absolute Gasteiger partial charge is 1.00 e. The molecule has 0 heterocycles. The SMILES string of the molecule is COc1ccc(CCN(C)CCCC(C#N)(c2cc(OC)c(OC)c(OC)c2)C(C)C)cc1OC.[Cl-]. The summed E-state index contributed by atoms with van der Waals surface area (Å²) in [5, 5.41) is 10.4. The lowest BCUT2D eigenvalue weighted by Crippen LogP contribution is -3.00. The van der Waals surface area contributed by atoms with Crippen molar-refractivity contribution in [2.75, 3.05) is 55.7 Å². The molecule has 0 aromatic heterocycles. The van der Waals surface area contributed by atoms with Crippen LogP contribution in [0.5, 0.6) is 28.7 Å². The first-order valence-electron chi connectivity index (χ1n) is 11.9. The minimum atomic E-state index is -0.670. The van der Waals surface area contributed by atoms with Crippen molar-refractivity contribution in [3.05, 3.63) is 41.5 Å². The van der Waals surface area contributed by atoms with Crippen LogP contribution in [0.2, 0.25) is 0 Å². The van der Waals surface area contributed by atoms with Gasteiger partial charge in [-0.3, -0.25) is 0 Å². The number of halogens is 1. The van der Waals surface area contributed by atoms with Crippen LogP contribution in [-0.4, -0.2) is 60.6 Å². The van der Waals surface area contributed by atoms with Crippen LogP contribution in [0.3, 0.4) is 0 Å². The molecule has 0 aliphatic rings. The maximum Gasteiger partial charge on any atom is 0.203 e. The lowest BCUT2D eigenvalue weighted by atomic mass is 9.69. The van der Waals surface area contributed by atoms with Gasteiger partial charge in [-0.25, -0.2) is 0 Å². The molecule has 200 valence electrons. The maximum absolute atomic E-state index is 10.4. The van der Waals surface area contributed by atoms with Crippen molar-refractivity contribution in [3.8, 4) is 34.8 Å². The van der Waals surface area contributed by atoms with Crippen LogP contribution in [0.4, 0.5) is 0 Å². The molecule has 0 saturated heterocycles. The first-order valence-corrected chi connectivity index (χ1v) is 11.9. The lowest BCUT2D eigenvalue weighted by Gasteiger charge is -2.33. The van der Waals surface area contributed by atoms with Crippen molar-refractivity contribution in [3.63, 3.8) is 0 Å². The summed E-state index contributed by atoms with van der Waals surface area (Å²) in [5.41, 5.74) is 1.41.